The Hall–Kier alpha value is -2.08. The van der Waals surface area contributed by atoms with Gasteiger partial charge in [0, 0.05) is 24.0 Å². The number of carbonyl (C=O) groups is 1. The summed E-state index contributed by atoms with van der Waals surface area (Å²) < 4.78 is 0. The molecule has 7 heteroatoms. The summed E-state index contributed by atoms with van der Waals surface area (Å²) in [7, 11) is 0. The fourth-order valence-electron chi connectivity index (χ4n) is 2.19. The number of thioether (sulfide) groups is 1. The average Bonchev–Trinajstić information content (AvgIpc) is 2.86. The first kappa shape index (κ1) is 17.7. The third-order valence-electron chi connectivity index (χ3n) is 3.31. The van der Waals surface area contributed by atoms with Crippen LogP contribution in [0, 0.1) is 0 Å². The Bertz CT molecular complexity index is 895. The Morgan fingerprint density at radius 1 is 1.32 bits per heavy atom. The normalized spacial score (nSPS) is 17.5. The van der Waals surface area contributed by atoms with Crippen molar-refractivity contribution in [2.45, 2.75) is 0 Å². The van der Waals surface area contributed by atoms with Gasteiger partial charge >= 0.3 is 0 Å². The second kappa shape index (κ2) is 7.87. The van der Waals surface area contributed by atoms with Gasteiger partial charge in [-0.3, -0.25) is 14.7 Å². The fourth-order valence-corrected chi connectivity index (χ4v) is 3.55. The summed E-state index contributed by atoms with van der Waals surface area (Å²) in [6.07, 6.45) is 6.58. The van der Waals surface area contributed by atoms with E-state index in [1.807, 2.05) is 12.1 Å². The molecule has 1 fully saturated rings. The van der Waals surface area contributed by atoms with Gasteiger partial charge in [-0.2, -0.15) is 0 Å². The highest BCUT2D eigenvalue weighted by Crippen LogP contribution is 2.35. The first-order valence-electron chi connectivity index (χ1n) is 7.34. The van der Waals surface area contributed by atoms with Crippen LogP contribution >= 0.6 is 35.0 Å². The molecule has 0 unspecified atom stereocenters. The molecule has 0 bridgehead atoms. The molecular formula is C18H13Cl2N3OS. The molecule has 1 aliphatic heterocycles. The summed E-state index contributed by atoms with van der Waals surface area (Å²) in [6.45, 7) is 4.07. The van der Waals surface area contributed by atoms with E-state index in [9.17, 15) is 4.79 Å². The molecule has 126 valence electrons. The number of amides is 1. The van der Waals surface area contributed by atoms with E-state index in [0.29, 0.717) is 32.4 Å². The number of hydrogen-bond acceptors (Lipinski definition) is 4. The second-order valence-corrected chi connectivity index (χ2v) is 6.94. The number of nitrogens with zero attached hydrogens (tertiary/aromatic N) is 3. The Balaban J connectivity index is 1.98. The molecule has 1 amide bonds. The average molecular weight is 390 g/mol. The van der Waals surface area contributed by atoms with E-state index in [1.165, 1.54) is 18.0 Å². The van der Waals surface area contributed by atoms with E-state index in [2.05, 4.69) is 16.6 Å². The molecule has 0 atom stereocenters. The van der Waals surface area contributed by atoms with E-state index in [0.717, 1.165) is 5.56 Å². The zero-order valence-corrected chi connectivity index (χ0v) is 15.4. The smallest absolute Gasteiger partial charge is 0.267 e. The lowest BCUT2D eigenvalue weighted by molar-refractivity contribution is -0.121. The molecule has 2 aromatic rings. The summed E-state index contributed by atoms with van der Waals surface area (Å²) in [5.74, 6) is -0.131. The summed E-state index contributed by atoms with van der Waals surface area (Å²) in [5, 5.41) is 1.59. The van der Waals surface area contributed by atoms with Crippen LogP contribution in [0.4, 0.5) is 5.69 Å². The van der Waals surface area contributed by atoms with Crippen molar-refractivity contribution in [3.8, 4) is 0 Å². The first-order chi connectivity index (χ1) is 12.1. The van der Waals surface area contributed by atoms with Crippen LogP contribution in [-0.4, -0.2) is 27.5 Å². The number of pyridine rings is 1. The molecule has 0 aliphatic carbocycles. The maximum Gasteiger partial charge on any atom is 0.267 e. The second-order valence-electron chi connectivity index (χ2n) is 5.09. The monoisotopic (exact) mass is 389 g/mol. The van der Waals surface area contributed by atoms with Crippen LogP contribution in [0.1, 0.15) is 5.56 Å². The molecule has 1 aromatic heterocycles. The quantitative estimate of drug-likeness (QED) is 0.534. The molecule has 3 rings (SSSR count). The Morgan fingerprint density at radius 3 is 2.88 bits per heavy atom. The van der Waals surface area contributed by atoms with Crippen LogP contribution in [0.5, 0.6) is 0 Å². The van der Waals surface area contributed by atoms with Crippen LogP contribution in [0.15, 0.2) is 65.3 Å². The summed E-state index contributed by atoms with van der Waals surface area (Å²) in [5.41, 5.74) is 1.41. The number of carbonyl (C=O) groups excluding carboxylic acids is 1. The molecule has 1 aromatic carbocycles. The van der Waals surface area contributed by atoms with Crippen LogP contribution in [0.25, 0.3) is 6.08 Å². The molecule has 0 radical (unpaired) electrons. The van der Waals surface area contributed by atoms with E-state index >= 15 is 0 Å². The minimum atomic E-state index is -0.131. The zero-order valence-electron chi connectivity index (χ0n) is 13.0. The summed E-state index contributed by atoms with van der Waals surface area (Å²) in [6, 6.07) is 9.02. The lowest BCUT2D eigenvalue weighted by Crippen LogP contribution is -2.29. The summed E-state index contributed by atoms with van der Waals surface area (Å²) >= 11 is 13.4. The molecule has 0 saturated carbocycles. The van der Waals surface area contributed by atoms with Crippen molar-refractivity contribution < 1.29 is 4.79 Å². The van der Waals surface area contributed by atoms with Crippen LogP contribution < -0.4 is 0 Å². The standard InChI is InChI=1S/C18H13Cl2N3OS/c1-2-8-23-17(24)16(10-12-4-3-5-13(19)9-12)25-18(23)22-15-6-7-21-11-14(15)20/h2-7,9-11H,1,8H2/b16-10-,22-18?. The van der Waals surface area contributed by atoms with Crippen molar-refractivity contribution >= 4 is 57.8 Å². The fraction of sp³-hybridized carbons (Fsp3) is 0.0556. The lowest BCUT2D eigenvalue weighted by Gasteiger charge is -2.12. The number of aromatic nitrogens is 1. The predicted molar refractivity (Wildman–Crippen MR) is 105 cm³/mol. The van der Waals surface area contributed by atoms with Crippen LogP contribution in [0.3, 0.4) is 0 Å². The maximum atomic E-state index is 12.7. The van der Waals surface area contributed by atoms with Crippen LogP contribution in [0.2, 0.25) is 10.0 Å². The molecule has 2 heterocycles. The van der Waals surface area contributed by atoms with Gasteiger partial charge in [0.15, 0.2) is 5.17 Å². The largest absolute Gasteiger partial charge is 0.283 e. The lowest BCUT2D eigenvalue weighted by atomic mass is 10.2. The Kier molecular flexibility index (Phi) is 5.58. The van der Waals surface area contributed by atoms with E-state index in [1.54, 1.807) is 41.4 Å². The predicted octanol–water partition coefficient (Wildman–Crippen LogP) is 5.18. The maximum absolute atomic E-state index is 12.7. The minimum absolute atomic E-state index is 0.131. The van der Waals surface area contributed by atoms with E-state index in [4.69, 9.17) is 23.2 Å². The van der Waals surface area contributed by atoms with Gasteiger partial charge in [-0.1, -0.05) is 41.4 Å². The van der Waals surface area contributed by atoms with E-state index < -0.39 is 0 Å². The number of halogens is 2. The van der Waals surface area contributed by atoms with Gasteiger partial charge in [-0.05, 0) is 41.6 Å². The van der Waals surface area contributed by atoms with Gasteiger partial charge in [0.1, 0.15) is 0 Å². The van der Waals surface area contributed by atoms with Gasteiger partial charge in [-0.15, -0.1) is 6.58 Å². The van der Waals surface area contributed by atoms with E-state index in [-0.39, 0.29) is 5.91 Å². The van der Waals surface area contributed by atoms with Crippen molar-refractivity contribution in [1.29, 1.82) is 0 Å². The third kappa shape index (κ3) is 4.12. The third-order valence-corrected chi connectivity index (χ3v) is 4.85. The number of amidine groups is 1. The summed E-state index contributed by atoms with van der Waals surface area (Å²) in [4.78, 5) is 23.3. The molecule has 1 saturated heterocycles. The highest BCUT2D eigenvalue weighted by Gasteiger charge is 2.32. The number of aliphatic imine (C=N–C) groups is 1. The zero-order chi connectivity index (χ0) is 17.8. The Morgan fingerprint density at radius 2 is 2.16 bits per heavy atom. The Labute approximate surface area is 159 Å². The number of benzene rings is 1. The van der Waals surface area contributed by atoms with Gasteiger partial charge in [0.05, 0.1) is 15.6 Å². The SMILES string of the molecule is C=CCN1C(=O)/C(=C/c2cccc(Cl)c2)SC1=Nc1ccncc1Cl. The molecular weight excluding hydrogens is 377 g/mol. The van der Waals surface area contributed by atoms with Crippen LogP contribution in [-0.2, 0) is 4.79 Å². The topological polar surface area (TPSA) is 45.6 Å². The molecule has 4 nitrogen and oxygen atoms in total. The van der Waals surface area contributed by atoms with Crippen molar-refractivity contribution in [2.75, 3.05) is 6.54 Å². The number of hydrogen-bond donors (Lipinski definition) is 0. The molecule has 25 heavy (non-hydrogen) atoms. The minimum Gasteiger partial charge on any atom is -0.283 e. The van der Waals surface area contributed by atoms with Gasteiger partial charge in [-0.25, -0.2) is 4.99 Å². The molecule has 0 N–H and O–H groups in total. The van der Waals surface area contributed by atoms with Gasteiger partial charge in [0.2, 0.25) is 0 Å². The van der Waals surface area contributed by atoms with Gasteiger partial charge < -0.3 is 0 Å². The number of rotatable bonds is 4. The highest BCUT2D eigenvalue weighted by molar-refractivity contribution is 8.18. The first-order valence-corrected chi connectivity index (χ1v) is 8.92. The van der Waals surface area contributed by atoms with Gasteiger partial charge in [0.25, 0.3) is 5.91 Å². The van der Waals surface area contributed by atoms with Crippen molar-refractivity contribution in [3.05, 3.63) is 75.9 Å². The van der Waals surface area contributed by atoms with Crippen molar-refractivity contribution in [2.24, 2.45) is 4.99 Å². The van der Waals surface area contributed by atoms with Crippen molar-refractivity contribution in [1.82, 2.24) is 9.88 Å². The molecule has 1 aliphatic rings. The van der Waals surface area contributed by atoms with Crippen molar-refractivity contribution in [3.63, 3.8) is 0 Å². The highest BCUT2D eigenvalue weighted by atomic mass is 35.5. The molecule has 0 spiro atoms.